The van der Waals surface area contributed by atoms with Gasteiger partial charge in [-0.1, -0.05) is 30.4 Å². The number of ether oxygens (including phenoxy) is 1. The normalized spacial score (nSPS) is 19.5. The van der Waals surface area contributed by atoms with E-state index in [2.05, 4.69) is 10.3 Å². The minimum Gasteiger partial charge on any atom is -0.459 e. The van der Waals surface area contributed by atoms with Crippen LogP contribution >= 0.6 is 11.3 Å². The van der Waals surface area contributed by atoms with Crippen LogP contribution < -0.4 is 5.32 Å². The van der Waals surface area contributed by atoms with Crippen molar-refractivity contribution in [3.8, 4) is 0 Å². The van der Waals surface area contributed by atoms with E-state index in [1.165, 1.54) is 16.2 Å². The number of fused-ring (bicyclic) bond motifs is 1. The Hall–Kier alpha value is -3.33. The van der Waals surface area contributed by atoms with Gasteiger partial charge in [-0.3, -0.25) is 24.1 Å². The molecule has 1 saturated heterocycles. The van der Waals surface area contributed by atoms with E-state index >= 15 is 0 Å². The van der Waals surface area contributed by atoms with Gasteiger partial charge in [-0.2, -0.15) is 0 Å². The first kappa shape index (κ1) is 22.8. The fourth-order valence-corrected chi connectivity index (χ4v) is 4.84. The van der Waals surface area contributed by atoms with Crippen LogP contribution in [0.5, 0.6) is 0 Å². The zero-order chi connectivity index (χ0) is 23.4. The summed E-state index contributed by atoms with van der Waals surface area (Å²) in [7, 11) is 0. The molecule has 1 fully saturated rings. The second kappa shape index (κ2) is 10.1. The number of carbonyl (C=O) groups excluding carboxylic acids is 4. The maximum Gasteiger partial charge on any atom is 0.307 e. The summed E-state index contributed by atoms with van der Waals surface area (Å²) in [6.45, 7) is 1.93. The molecule has 4 rings (SSSR count). The molecular formula is C24H25N3O5S. The van der Waals surface area contributed by atoms with E-state index in [1.807, 2.05) is 43.3 Å². The fraction of sp³-hybridized carbons (Fsp3) is 0.375. The van der Waals surface area contributed by atoms with Gasteiger partial charge in [-0.05, 0) is 31.4 Å². The molecule has 0 bridgehead atoms. The van der Waals surface area contributed by atoms with Crippen LogP contribution in [0.1, 0.15) is 35.5 Å². The molecular weight excluding hydrogens is 442 g/mol. The molecule has 3 amide bonds. The van der Waals surface area contributed by atoms with E-state index in [0.29, 0.717) is 23.5 Å². The van der Waals surface area contributed by atoms with Crippen LogP contribution in [0.15, 0.2) is 41.8 Å². The van der Waals surface area contributed by atoms with Gasteiger partial charge >= 0.3 is 5.97 Å². The maximum absolute atomic E-state index is 12.4. The van der Waals surface area contributed by atoms with E-state index in [9.17, 15) is 19.2 Å². The number of allylic oxidation sites excluding steroid dienone is 2. The molecule has 172 valence electrons. The third kappa shape index (κ3) is 5.36. The molecule has 2 heterocycles. The number of hydrogen-bond acceptors (Lipinski definition) is 7. The van der Waals surface area contributed by atoms with Crippen LogP contribution in [-0.4, -0.2) is 40.1 Å². The second-order valence-corrected chi connectivity index (χ2v) is 9.11. The lowest BCUT2D eigenvalue weighted by atomic mass is 9.85. The average molecular weight is 468 g/mol. The number of nitrogens with zero attached hydrogens (tertiary/aromatic N) is 2. The largest absolute Gasteiger partial charge is 0.459 e. The van der Waals surface area contributed by atoms with E-state index in [4.69, 9.17) is 4.74 Å². The smallest absolute Gasteiger partial charge is 0.307 e. The zero-order valence-electron chi connectivity index (χ0n) is 18.3. The summed E-state index contributed by atoms with van der Waals surface area (Å²) in [5.41, 5.74) is 2.29. The highest BCUT2D eigenvalue weighted by Gasteiger charge is 2.46. The molecule has 2 unspecified atom stereocenters. The highest BCUT2D eigenvalue weighted by molar-refractivity contribution is 7.09. The molecule has 1 N–H and O–H groups in total. The van der Waals surface area contributed by atoms with Gasteiger partial charge < -0.3 is 10.1 Å². The monoisotopic (exact) mass is 467 g/mol. The summed E-state index contributed by atoms with van der Waals surface area (Å²) in [6, 6.07) is 7.53. The molecule has 2 atom stereocenters. The van der Waals surface area contributed by atoms with Crippen molar-refractivity contribution < 1.29 is 23.9 Å². The number of rotatable bonds is 8. The molecule has 0 radical (unpaired) electrons. The standard InChI is InChI=1S/C24H25N3O5S/c1-15-6-2-5-9-19(15)26-20(28)12-21-25-16(14-33-21)13-32-22(29)10-11-27-23(30)17-7-3-4-8-18(17)24(27)31/h2-6,9,14,17-18H,7-8,10-13H2,1H3,(H,26,28). The average Bonchev–Trinajstić information content (AvgIpc) is 3.35. The predicted molar refractivity (Wildman–Crippen MR) is 122 cm³/mol. The Morgan fingerprint density at radius 1 is 1.15 bits per heavy atom. The third-order valence-corrected chi connectivity index (χ3v) is 6.75. The number of thiazole rings is 1. The van der Waals surface area contributed by atoms with E-state index < -0.39 is 5.97 Å². The summed E-state index contributed by atoms with van der Waals surface area (Å²) in [5.74, 6) is -1.66. The highest BCUT2D eigenvalue weighted by Crippen LogP contribution is 2.35. The molecule has 1 aliphatic carbocycles. The van der Waals surface area contributed by atoms with Crippen molar-refractivity contribution in [3.05, 3.63) is 58.1 Å². The number of nitrogens with one attached hydrogen (secondary N) is 1. The molecule has 1 aliphatic heterocycles. The maximum atomic E-state index is 12.4. The molecule has 2 aliphatic rings. The molecule has 1 aromatic heterocycles. The first-order valence-corrected chi connectivity index (χ1v) is 11.7. The zero-order valence-corrected chi connectivity index (χ0v) is 19.1. The molecule has 9 heteroatoms. The van der Waals surface area contributed by atoms with E-state index in [0.717, 1.165) is 11.3 Å². The Kier molecular flexibility index (Phi) is 6.98. The quantitative estimate of drug-likeness (QED) is 0.363. The molecule has 33 heavy (non-hydrogen) atoms. The topological polar surface area (TPSA) is 106 Å². The van der Waals surface area contributed by atoms with Crippen molar-refractivity contribution in [1.82, 2.24) is 9.88 Å². The summed E-state index contributed by atoms with van der Waals surface area (Å²) in [5, 5.41) is 5.23. The van der Waals surface area contributed by atoms with Crippen molar-refractivity contribution in [2.45, 2.75) is 39.2 Å². The second-order valence-electron chi connectivity index (χ2n) is 8.17. The summed E-state index contributed by atoms with van der Waals surface area (Å²) < 4.78 is 5.25. The number of para-hydroxylation sites is 1. The number of hydrogen-bond donors (Lipinski definition) is 1. The first-order valence-electron chi connectivity index (χ1n) is 10.9. The highest BCUT2D eigenvalue weighted by atomic mass is 32.1. The van der Waals surface area contributed by atoms with Gasteiger partial charge in [0.15, 0.2) is 0 Å². The third-order valence-electron chi connectivity index (χ3n) is 5.85. The minimum absolute atomic E-state index is 0.0220. The lowest BCUT2D eigenvalue weighted by Crippen LogP contribution is -2.33. The molecule has 2 aromatic rings. The SMILES string of the molecule is Cc1ccccc1NC(=O)Cc1nc(COC(=O)CCN2C(=O)C3CC=CCC3C2=O)cs1. The van der Waals surface area contributed by atoms with Gasteiger partial charge in [0.25, 0.3) is 0 Å². The number of anilines is 1. The minimum atomic E-state index is -0.504. The lowest BCUT2D eigenvalue weighted by molar-refractivity contribution is -0.147. The van der Waals surface area contributed by atoms with Crippen molar-refractivity contribution in [2.75, 3.05) is 11.9 Å². The first-order chi connectivity index (χ1) is 15.9. The van der Waals surface area contributed by atoms with Crippen LogP contribution in [0.4, 0.5) is 5.69 Å². The molecule has 0 spiro atoms. The number of benzene rings is 1. The predicted octanol–water partition coefficient (Wildman–Crippen LogP) is 3.02. The number of carbonyl (C=O) groups is 4. The summed E-state index contributed by atoms with van der Waals surface area (Å²) in [4.78, 5) is 54.9. The number of esters is 1. The molecule has 0 saturated carbocycles. The Labute approximate surface area is 195 Å². The van der Waals surface area contributed by atoms with E-state index in [1.54, 1.807) is 5.38 Å². The van der Waals surface area contributed by atoms with E-state index in [-0.39, 0.29) is 55.6 Å². The Morgan fingerprint density at radius 3 is 2.55 bits per heavy atom. The number of amides is 3. The van der Waals surface area contributed by atoms with Crippen molar-refractivity contribution >= 4 is 40.7 Å². The van der Waals surface area contributed by atoms with Gasteiger partial charge in [0.05, 0.1) is 30.4 Å². The van der Waals surface area contributed by atoms with Gasteiger partial charge in [0.1, 0.15) is 11.6 Å². The van der Waals surface area contributed by atoms with Crippen molar-refractivity contribution in [1.29, 1.82) is 0 Å². The number of aryl methyl sites for hydroxylation is 1. The number of aromatic nitrogens is 1. The van der Waals surface area contributed by atoms with Gasteiger partial charge in [0, 0.05) is 17.6 Å². The lowest BCUT2D eigenvalue weighted by Gasteiger charge is -2.14. The fourth-order valence-electron chi connectivity index (χ4n) is 4.06. The Balaban J connectivity index is 1.21. The molecule has 1 aromatic carbocycles. The van der Waals surface area contributed by atoms with Crippen LogP contribution in [-0.2, 0) is 36.9 Å². The van der Waals surface area contributed by atoms with Crippen molar-refractivity contribution in [2.24, 2.45) is 11.8 Å². The van der Waals surface area contributed by atoms with Crippen molar-refractivity contribution in [3.63, 3.8) is 0 Å². The summed E-state index contributed by atoms with van der Waals surface area (Å²) >= 11 is 1.32. The Morgan fingerprint density at radius 2 is 1.85 bits per heavy atom. The number of likely N-dealkylation sites (tertiary alicyclic amines) is 1. The van der Waals surface area contributed by atoms with Crippen LogP contribution in [0, 0.1) is 18.8 Å². The number of imide groups is 1. The molecule has 8 nitrogen and oxygen atoms in total. The van der Waals surface area contributed by atoms with Gasteiger partial charge in [-0.15, -0.1) is 11.3 Å². The van der Waals surface area contributed by atoms with Gasteiger partial charge in [-0.25, -0.2) is 4.98 Å². The van der Waals surface area contributed by atoms with Crippen LogP contribution in [0.3, 0.4) is 0 Å². The van der Waals surface area contributed by atoms with Crippen LogP contribution in [0.2, 0.25) is 0 Å². The summed E-state index contributed by atoms with van der Waals surface area (Å²) in [6.07, 6.45) is 5.08. The van der Waals surface area contributed by atoms with Gasteiger partial charge in [0.2, 0.25) is 17.7 Å². The van der Waals surface area contributed by atoms with Crippen LogP contribution in [0.25, 0.3) is 0 Å². The Bertz CT molecular complexity index is 1080.